The van der Waals surface area contributed by atoms with Crippen molar-refractivity contribution in [3.63, 3.8) is 0 Å². The summed E-state index contributed by atoms with van der Waals surface area (Å²) in [6.07, 6.45) is 0. The molecule has 0 aromatic rings. The molecule has 0 N–H and O–H groups in total. The molecule has 0 heterocycles. The summed E-state index contributed by atoms with van der Waals surface area (Å²) in [6.45, 7) is -1.46. The van der Waals surface area contributed by atoms with Gasteiger partial charge in [0.15, 0.2) is 0 Å². The Morgan fingerprint density at radius 2 is 1.17 bits per heavy atom. The van der Waals surface area contributed by atoms with Crippen LogP contribution < -0.4 is 0 Å². The third-order valence-corrected chi connectivity index (χ3v) is 0. The van der Waals surface area contributed by atoms with E-state index < -0.39 is 6.73 Å². The molecule has 0 unspecified atom stereocenters. The minimum atomic E-state index is -1.46. The zero-order valence-electron chi connectivity index (χ0n) is 3.34. The Morgan fingerprint density at radius 3 is 1.17 bits per heavy atom. The Balaban J connectivity index is 0. The Morgan fingerprint density at radius 1 is 1.17 bits per heavy atom. The van der Waals surface area contributed by atoms with Crippen LogP contribution >= 0.6 is 33.2 Å². The van der Waals surface area contributed by atoms with Crippen LogP contribution in [0.4, 0.5) is 0 Å². The van der Waals surface area contributed by atoms with Crippen LogP contribution in [0.25, 0.3) is 0 Å². The Hall–Kier alpha value is 1.63. The van der Waals surface area contributed by atoms with Crippen LogP contribution in [0.15, 0.2) is 0 Å². The van der Waals surface area contributed by atoms with E-state index in [1.807, 2.05) is 0 Å². The zero-order valence-corrected chi connectivity index (χ0v) is 9.58. The summed E-state index contributed by atoms with van der Waals surface area (Å²) in [5.74, 6) is 2.12. The van der Waals surface area contributed by atoms with Gasteiger partial charge in [-0.25, -0.2) is 0 Å². The Bertz CT molecular complexity index is 15.5. The topological polar surface area (TPSA) is 0 Å². The monoisotopic (exact) mass is 224 g/mol. The summed E-state index contributed by atoms with van der Waals surface area (Å²) in [5.41, 5.74) is 0. The fourth-order valence-electron chi connectivity index (χ4n) is 0. The maximum atomic E-state index is 4.91. The molecule has 2 radical (unpaired) electrons. The fourth-order valence-corrected chi connectivity index (χ4v) is 0. The predicted octanol–water partition coefficient (Wildman–Crippen LogP) is 1.36. The summed E-state index contributed by atoms with van der Waals surface area (Å²) < 4.78 is 0. The normalized spacial score (nSPS) is 7.00. The number of hydrogen-bond acceptors (Lipinski definition) is 0. The Labute approximate surface area is 62.1 Å². The van der Waals surface area contributed by atoms with E-state index in [-0.39, 0.29) is 0 Å². The van der Waals surface area contributed by atoms with Crippen molar-refractivity contribution < 1.29 is 0 Å². The quantitative estimate of drug-likeness (QED) is 0.430. The van der Waals surface area contributed by atoms with Crippen molar-refractivity contribution in [2.75, 3.05) is 0 Å². The van der Waals surface area contributed by atoms with E-state index in [4.69, 9.17) is 33.2 Å². The molecular weight excluding hydrogens is 219 g/mol. The number of hydrogen-bond donors (Lipinski definition) is 0. The first-order valence-electron chi connectivity index (χ1n) is 1.27. The molecule has 0 atom stereocenters. The minimum absolute atomic E-state index is 1.38. The molecule has 0 bridgehead atoms. The molecule has 0 aromatic carbocycles. The van der Waals surface area contributed by atoms with Gasteiger partial charge >= 0.3 is 29.0 Å². The standard InChI is InChI=1S/CH5Ge.Cl3Si/c1-2;1-4(2)3/h2H2,1H3;. The molecule has 6 heavy (non-hydrogen) atoms. The van der Waals surface area contributed by atoms with E-state index in [1.165, 1.54) is 16.5 Å². The maximum absolute atomic E-state index is 4.91. The molecule has 0 aromatic heterocycles. The molecule has 0 nitrogen and oxygen atoms in total. The molecule has 0 amide bonds. The predicted molar refractivity (Wildman–Crippen MR) is 37.7 cm³/mol. The molecule has 0 saturated heterocycles. The second-order valence-corrected chi connectivity index (χ2v) is 5.79. The average Bonchev–Trinajstić information content (AvgIpc) is 1.41. The first-order valence-corrected chi connectivity index (χ1v) is 8.78. The van der Waals surface area contributed by atoms with E-state index in [0.717, 1.165) is 0 Å². The van der Waals surface area contributed by atoms with Crippen molar-refractivity contribution in [1.82, 2.24) is 0 Å². The molecule has 0 aliphatic heterocycles. The van der Waals surface area contributed by atoms with Gasteiger partial charge in [0.1, 0.15) is 0 Å². The van der Waals surface area contributed by atoms with Crippen LogP contribution in [0.5, 0.6) is 0 Å². The van der Waals surface area contributed by atoms with Crippen LogP contribution in [-0.4, -0.2) is 23.2 Å². The molecule has 0 saturated carbocycles. The van der Waals surface area contributed by atoms with Gasteiger partial charge < -0.3 is 0 Å². The van der Waals surface area contributed by atoms with Crippen LogP contribution in [-0.2, 0) is 0 Å². The third kappa shape index (κ3) is 45.4. The molecule has 0 spiro atoms. The van der Waals surface area contributed by atoms with Crippen molar-refractivity contribution in [2.24, 2.45) is 0 Å². The molecular formula is CH5Cl3GeSi. The summed E-state index contributed by atoms with van der Waals surface area (Å²) in [4.78, 5) is 0. The van der Waals surface area contributed by atoms with E-state index in [1.54, 1.807) is 0 Å². The summed E-state index contributed by atoms with van der Waals surface area (Å²) in [7, 11) is 0. The molecule has 0 rings (SSSR count). The molecule has 0 fully saturated rings. The van der Waals surface area contributed by atoms with Gasteiger partial charge in [0.05, 0.1) is 0 Å². The van der Waals surface area contributed by atoms with Gasteiger partial charge in [0, 0.05) is 0 Å². The van der Waals surface area contributed by atoms with Crippen molar-refractivity contribution in [3.05, 3.63) is 0 Å². The van der Waals surface area contributed by atoms with Crippen molar-refractivity contribution in [3.8, 4) is 0 Å². The molecule has 38 valence electrons. The summed E-state index contributed by atoms with van der Waals surface area (Å²) >= 11 is 16.1. The van der Waals surface area contributed by atoms with Crippen molar-refractivity contribution >= 4 is 56.5 Å². The van der Waals surface area contributed by atoms with E-state index in [2.05, 4.69) is 5.76 Å². The molecule has 0 aliphatic rings. The summed E-state index contributed by atoms with van der Waals surface area (Å²) in [5, 5.41) is 0. The Kier molecular flexibility index (Phi) is 17.3. The molecule has 5 heteroatoms. The van der Waals surface area contributed by atoms with E-state index >= 15 is 0 Å². The number of rotatable bonds is 0. The number of halogens is 3. The average molecular weight is 224 g/mol. The van der Waals surface area contributed by atoms with Gasteiger partial charge in [-0.3, -0.25) is 0 Å². The van der Waals surface area contributed by atoms with Crippen molar-refractivity contribution in [2.45, 2.75) is 5.76 Å². The second kappa shape index (κ2) is 9.80. The van der Waals surface area contributed by atoms with Crippen molar-refractivity contribution in [1.29, 1.82) is 0 Å². The molecule has 0 aliphatic carbocycles. The van der Waals surface area contributed by atoms with E-state index in [0.29, 0.717) is 0 Å². The van der Waals surface area contributed by atoms with Gasteiger partial charge in [0.2, 0.25) is 0 Å². The van der Waals surface area contributed by atoms with E-state index in [9.17, 15) is 0 Å². The first-order chi connectivity index (χ1) is 2.73. The third-order valence-electron chi connectivity index (χ3n) is 0. The first kappa shape index (κ1) is 10.6. The van der Waals surface area contributed by atoms with Gasteiger partial charge in [-0.05, 0) is 0 Å². The second-order valence-electron chi connectivity index (χ2n) is 0.214. The van der Waals surface area contributed by atoms with Gasteiger partial charge in [-0.2, -0.15) is 0 Å². The van der Waals surface area contributed by atoms with Gasteiger partial charge in [0.25, 0.3) is 0 Å². The zero-order chi connectivity index (χ0) is 5.58. The SMILES string of the molecule is Cl[Si](Cl)Cl.[CH3][GeH2]. The van der Waals surface area contributed by atoms with Gasteiger partial charge in [-0.15, -0.1) is 33.2 Å². The van der Waals surface area contributed by atoms with Crippen LogP contribution in [0, 0.1) is 0 Å². The fraction of sp³-hybridized carbons (Fsp3) is 1.00. The van der Waals surface area contributed by atoms with Crippen LogP contribution in [0.3, 0.4) is 0 Å². The summed E-state index contributed by atoms with van der Waals surface area (Å²) in [6, 6.07) is 0. The van der Waals surface area contributed by atoms with Crippen LogP contribution in [0.1, 0.15) is 0 Å². The van der Waals surface area contributed by atoms with Gasteiger partial charge in [-0.1, -0.05) is 0 Å². The van der Waals surface area contributed by atoms with Crippen LogP contribution in [0.2, 0.25) is 5.76 Å².